The van der Waals surface area contributed by atoms with Gasteiger partial charge in [-0.1, -0.05) is 30.3 Å². The predicted molar refractivity (Wildman–Crippen MR) is 63.9 cm³/mol. The molecule has 3 N–H and O–H groups in total. The van der Waals surface area contributed by atoms with Crippen molar-refractivity contribution in [3.63, 3.8) is 0 Å². The molecule has 0 bridgehead atoms. The van der Waals surface area contributed by atoms with Crippen LogP contribution in [-0.2, 0) is 0 Å². The maximum atomic E-state index is 5.69. The van der Waals surface area contributed by atoms with Gasteiger partial charge in [0.2, 0.25) is 0 Å². The Kier molecular flexibility index (Phi) is 2.26. The van der Waals surface area contributed by atoms with Crippen LogP contribution in [0.3, 0.4) is 0 Å². The minimum atomic E-state index is 0.610. The summed E-state index contributed by atoms with van der Waals surface area (Å²) < 4.78 is 0. The summed E-state index contributed by atoms with van der Waals surface area (Å²) in [4.78, 5) is 0. The van der Waals surface area contributed by atoms with Crippen molar-refractivity contribution in [2.24, 2.45) is 11.7 Å². The van der Waals surface area contributed by atoms with Gasteiger partial charge in [-0.15, -0.1) is 0 Å². The van der Waals surface area contributed by atoms with Crippen LogP contribution in [0.25, 0.3) is 11.3 Å². The first-order chi connectivity index (χ1) is 7.90. The molecular weight excluding hydrogens is 198 g/mol. The normalized spacial score (nSPS) is 23.3. The van der Waals surface area contributed by atoms with Gasteiger partial charge in [-0.05, 0) is 30.4 Å². The summed E-state index contributed by atoms with van der Waals surface area (Å²) in [7, 11) is 0. The Labute approximate surface area is 94.7 Å². The highest BCUT2D eigenvalue weighted by atomic mass is 15.1. The largest absolute Gasteiger partial charge is 0.330 e. The van der Waals surface area contributed by atoms with E-state index in [9.17, 15) is 0 Å². The van der Waals surface area contributed by atoms with Crippen LogP contribution in [0.4, 0.5) is 0 Å². The van der Waals surface area contributed by atoms with E-state index in [0.717, 1.165) is 12.2 Å². The lowest BCUT2D eigenvalue weighted by Gasteiger charge is -2.02. The molecular formula is C13H15N3. The average molecular weight is 213 g/mol. The molecule has 1 aromatic carbocycles. The van der Waals surface area contributed by atoms with Gasteiger partial charge in [0.15, 0.2) is 0 Å². The van der Waals surface area contributed by atoms with Crippen LogP contribution < -0.4 is 5.73 Å². The Morgan fingerprint density at radius 2 is 2.12 bits per heavy atom. The van der Waals surface area contributed by atoms with Crippen molar-refractivity contribution in [2.75, 3.05) is 6.54 Å². The monoisotopic (exact) mass is 213 g/mol. The van der Waals surface area contributed by atoms with E-state index in [1.165, 1.54) is 17.5 Å². The highest BCUT2D eigenvalue weighted by Gasteiger charge is 2.39. The smallest absolute Gasteiger partial charge is 0.0685 e. The van der Waals surface area contributed by atoms with E-state index in [2.05, 4.69) is 22.3 Å². The Bertz CT molecular complexity index is 475. The van der Waals surface area contributed by atoms with Crippen molar-refractivity contribution in [3.8, 4) is 11.3 Å². The molecule has 0 amide bonds. The number of nitrogens with one attached hydrogen (secondary N) is 1. The van der Waals surface area contributed by atoms with Crippen LogP contribution >= 0.6 is 0 Å². The predicted octanol–water partition coefficient (Wildman–Crippen LogP) is 2.14. The van der Waals surface area contributed by atoms with E-state index in [1.807, 2.05) is 24.4 Å². The van der Waals surface area contributed by atoms with Crippen molar-refractivity contribution < 1.29 is 0 Å². The second kappa shape index (κ2) is 3.76. The zero-order chi connectivity index (χ0) is 11.0. The molecule has 2 aromatic rings. The number of H-pyrrole nitrogens is 1. The van der Waals surface area contributed by atoms with E-state index in [4.69, 9.17) is 5.73 Å². The van der Waals surface area contributed by atoms with E-state index in [-0.39, 0.29) is 0 Å². The topological polar surface area (TPSA) is 54.7 Å². The van der Waals surface area contributed by atoms with E-state index < -0.39 is 0 Å². The lowest BCUT2D eigenvalue weighted by Crippen LogP contribution is -2.02. The third kappa shape index (κ3) is 1.53. The average Bonchev–Trinajstić information content (AvgIpc) is 2.97. The van der Waals surface area contributed by atoms with E-state index in [1.54, 1.807) is 0 Å². The van der Waals surface area contributed by atoms with Gasteiger partial charge in [0.1, 0.15) is 0 Å². The number of hydrogen-bond donors (Lipinski definition) is 2. The summed E-state index contributed by atoms with van der Waals surface area (Å²) in [5, 5.41) is 7.26. The first-order valence-electron chi connectivity index (χ1n) is 5.69. The molecule has 0 spiro atoms. The van der Waals surface area contributed by atoms with Crippen molar-refractivity contribution in [2.45, 2.75) is 12.3 Å². The Balaban J connectivity index is 1.95. The Morgan fingerprint density at radius 1 is 1.31 bits per heavy atom. The number of benzene rings is 1. The molecule has 1 aliphatic rings. The quantitative estimate of drug-likeness (QED) is 0.820. The SMILES string of the molecule is NC[C@@H]1C[C@H]1c1cn[nH]c1-c1ccccc1. The minimum absolute atomic E-state index is 0.610. The molecule has 0 radical (unpaired) electrons. The molecule has 2 atom stereocenters. The zero-order valence-electron chi connectivity index (χ0n) is 9.06. The second-order valence-corrected chi connectivity index (χ2v) is 4.40. The Hall–Kier alpha value is -1.61. The van der Waals surface area contributed by atoms with Gasteiger partial charge in [-0.25, -0.2) is 0 Å². The molecule has 3 nitrogen and oxygen atoms in total. The molecule has 1 aromatic heterocycles. The molecule has 0 saturated heterocycles. The van der Waals surface area contributed by atoms with Crippen LogP contribution in [0.1, 0.15) is 17.9 Å². The van der Waals surface area contributed by atoms with Gasteiger partial charge in [0.05, 0.1) is 11.9 Å². The van der Waals surface area contributed by atoms with Crippen molar-refractivity contribution in [1.29, 1.82) is 0 Å². The molecule has 1 saturated carbocycles. The summed E-state index contributed by atoms with van der Waals surface area (Å²) in [5.74, 6) is 1.26. The van der Waals surface area contributed by atoms with Crippen molar-refractivity contribution >= 4 is 0 Å². The van der Waals surface area contributed by atoms with Crippen LogP contribution in [0.2, 0.25) is 0 Å². The number of aromatic amines is 1. The summed E-state index contributed by atoms with van der Waals surface area (Å²) in [6.45, 7) is 0.782. The number of nitrogens with two attached hydrogens (primary N) is 1. The molecule has 16 heavy (non-hydrogen) atoms. The lowest BCUT2D eigenvalue weighted by atomic mass is 10.0. The lowest BCUT2D eigenvalue weighted by molar-refractivity contribution is 0.810. The van der Waals surface area contributed by atoms with Crippen LogP contribution in [0, 0.1) is 5.92 Å². The molecule has 1 fully saturated rings. The van der Waals surface area contributed by atoms with Gasteiger partial charge in [-0.2, -0.15) is 5.10 Å². The molecule has 1 heterocycles. The zero-order valence-corrected chi connectivity index (χ0v) is 9.06. The van der Waals surface area contributed by atoms with Crippen LogP contribution in [-0.4, -0.2) is 16.7 Å². The first-order valence-corrected chi connectivity index (χ1v) is 5.69. The minimum Gasteiger partial charge on any atom is -0.330 e. The van der Waals surface area contributed by atoms with Crippen LogP contribution in [0.15, 0.2) is 36.5 Å². The number of hydrogen-bond acceptors (Lipinski definition) is 2. The third-order valence-electron chi connectivity index (χ3n) is 3.36. The molecule has 82 valence electrons. The van der Waals surface area contributed by atoms with Gasteiger partial charge < -0.3 is 5.73 Å². The number of rotatable bonds is 3. The summed E-state index contributed by atoms with van der Waals surface area (Å²) >= 11 is 0. The molecule has 1 aliphatic carbocycles. The Morgan fingerprint density at radius 3 is 2.81 bits per heavy atom. The standard InChI is InChI=1S/C13H15N3/c14-7-10-6-11(10)12-8-15-16-13(12)9-4-2-1-3-5-9/h1-5,8,10-11H,6-7,14H2,(H,15,16)/t10-,11+/m0/s1. The molecule has 3 rings (SSSR count). The third-order valence-corrected chi connectivity index (χ3v) is 3.36. The van der Waals surface area contributed by atoms with Gasteiger partial charge in [0.25, 0.3) is 0 Å². The number of nitrogens with zero attached hydrogens (tertiary/aromatic N) is 1. The van der Waals surface area contributed by atoms with Crippen LogP contribution in [0.5, 0.6) is 0 Å². The van der Waals surface area contributed by atoms with E-state index in [0.29, 0.717) is 11.8 Å². The summed E-state index contributed by atoms with van der Waals surface area (Å²) in [6.07, 6.45) is 3.15. The molecule has 0 aliphatic heterocycles. The fourth-order valence-electron chi connectivity index (χ4n) is 2.30. The fraction of sp³-hybridized carbons (Fsp3) is 0.308. The fourth-order valence-corrected chi connectivity index (χ4v) is 2.30. The summed E-state index contributed by atoms with van der Waals surface area (Å²) in [6, 6.07) is 10.3. The van der Waals surface area contributed by atoms with Gasteiger partial charge in [0, 0.05) is 5.56 Å². The van der Waals surface area contributed by atoms with Gasteiger partial charge in [-0.3, -0.25) is 5.10 Å². The summed E-state index contributed by atoms with van der Waals surface area (Å²) in [5.41, 5.74) is 9.37. The highest BCUT2D eigenvalue weighted by Crippen LogP contribution is 2.48. The first kappa shape index (κ1) is 9.60. The van der Waals surface area contributed by atoms with Crippen molar-refractivity contribution in [1.82, 2.24) is 10.2 Å². The second-order valence-electron chi connectivity index (χ2n) is 4.40. The molecule has 0 unspecified atom stereocenters. The highest BCUT2D eigenvalue weighted by molar-refractivity contribution is 5.64. The molecule has 3 heteroatoms. The van der Waals surface area contributed by atoms with Crippen molar-refractivity contribution in [3.05, 3.63) is 42.1 Å². The van der Waals surface area contributed by atoms with Gasteiger partial charge >= 0.3 is 0 Å². The maximum Gasteiger partial charge on any atom is 0.0685 e. The van der Waals surface area contributed by atoms with E-state index >= 15 is 0 Å². The number of aromatic nitrogens is 2. The maximum absolute atomic E-state index is 5.69.